The van der Waals surface area contributed by atoms with Crippen molar-refractivity contribution < 1.29 is 14.3 Å². The molecular formula is C19H17N5O3. The summed E-state index contributed by atoms with van der Waals surface area (Å²) in [5.41, 5.74) is 3.21. The van der Waals surface area contributed by atoms with Crippen molar-refractivity contribution in [2.45, 2.75) is 0 Å². The molecule has 3 aromatic heterocycles. The minimum Gasteiger partial charge on any atom is -0.497 e. The molecule has 27 heavy (non-hydrogen) atoms. The maximum absolute atomic E-state index is 12.5. The molecule has 2 N–H and O–H groups in total. The van der Waals surface area contributed by atoms with Crippen molar-refractivity contribution in [2.24, 2.45) is 0 Å². The van der Waals surface area contributed by atoms with Gasteiger partial charge in [0.05, 0.1) is 25.4 Å². The summed E-state index contributed by atoms with van der Waals surface area (Å²) in [5, 5.41) is 14.0. The van der Waals surface area contributed by atoms with Crippen LogP contribution in [0.5, 0.6) is 11.5 Å². The molecule has 0 aliphatic heterocycles. The van der Waals surface area contributed by atoms with Crippen LogP contribution in [0.25, 0.3) is 16.8 Å². The molecule has 0 saturated heterocycles. The van der Waals surface area contributed by atoms with Gasteiger partial charge < -0.3 is 14.8 Å². The topological polar surface area (TPSA) is 93.5 Å². The van der Waals surface area contributed by atoms with Crippen molar-refractivity contribution in [2.75, 3.05) is 19.5 Å². The normalized spacial score (nSPS) is 10.7. The van der Waals surface area contributed by atoms with Gasteiger partial charge >= 0.3 is 0 Å². The van der Waals surface area contributed by atoms with E-state index in [2.05, 4.69) is 20.6 Å². The minimum absolute atomic E-state index is 0.292. The Balaban J connectivity index is 1.59. The molecule has 0 bridgehead atoms. The van der Waals surface area contributed by atoms with Crippen LogP contribution in [0.1, 0.15) is 10.5 Å². The summed E-state index contributed by atoms with van der Waals surface area (Å²) >= 11 is 0. The number of aromatic amines is 1. The Hall–Kier alpha value is -3.81. The van der Waals surface area contributed by atoms with Gasteiger partial charge in [0.1, 0.15) is 17.2 Å². The number of nitrogens with one attached hydrogen (secondary N) is 2. The van der Waals surface area contributed by atoms with E-state index in [9.17, 15) is 4.79 Å². The number of rotatable bonds is 5. The smallest absolute Gasteiger partial charge is 0.273 e. The first kappa shape index (κ1) is 16.6. The van der Waals surface area contributed by atoms with Crippen LogP contribution in [-0.2, 0) is 0 Å². The molecule has 0 radical (unpaired) electrons. The highest BCUT2D eigenvalue weighted by atomic mass is 16.5. The summed E-state index contributed by atoms with van der Waals surface area (Å²) in [6.07, 6.45) is 3.48. The third-order valence-corrected chi connectivity index (χ3v) is 4.16. The Labute approximate surface area is 154 Å². The first-order chi connectivity index (χ1) is 13.2. The molecule has 1 aromatic carbocycles. The van der Waals surface area contributed by atoms with Crippen LogP contribution in [0.2, 0.25) is 0 Å². The number of hydrogen-bond donors (Lipinski definition) is 2. The molecule has 0 aliphatic rings. The van der Waals surface area contributed by atoms with Gasteiger partial charge in [0.2, 0.25) is 0 Å². The minimum atomic E-state index is -0.292. The van der Waals surface area contributed by atoms with E-state index >= 15 is 0 Å². The second-order valence-corrected chi connectivity index (χ2v) is 5.80. The van der Waals surface area contributed by atoms with Gasteiger partial charge in [-0.1, -0.05) is 0 Å². The number of nitrogens with zero attached hydrogens (tertiary/aromatic N) is 3. The number of H-pyrrole nitrogens is 1. The summed E-state index contributed by atoms with van der Waals surface area (Å²) in [6.45, 7) is 0. The molecule has 136 valence electrons. The average molecular weight is 363 g/mol. The van der Waals surface area contributed by atoms with Gasteiger partial charge in [-0.05, 0) is 42.5 Å². The molecule has 8 heteroatoms. The Morgan fingerprint density at radius 2 is 2.00 bits per heavy atom. The highest BCUT2D eigenvalue weighted by Gasteiger charge is 2.15. The third-order valence-electron chi connectivity index (χ3n) is 4.16. The van der Waals surface area contributed by atoms with Gasteiger partial charge in [0.15, 0.2) is 0 Å². The zero-order valence-corrected chi connectivity index (χ0v) is 14.8. The third kappa shape index (κ3) is 3.20. The van der Waals surface area contributed by atoms with Gasteiger partial charge in [-0.25, -0.2) is 4.52 Å². The fraction of sp³-hybridized carbons (Fsp3) is 0.105. The van der Waals surface area contributed by atoms with Crippen molar-refractivity contribution in [1.29, 1.82) is 0 Å². The predicted octanol–water partition coefficient (Wildman–Crippen LogP) is 2.99. The number of anilines is 1. The lowest BCUT2D eigenvalue weighted by Gasteiger charge is -2.08. The molecule has 0 atom stereocenters. The van der Waals surface area contributed by atoms with Crippen molar-refractivity contribution in [1.82, 2.24) is 19.8 Å². The van der Waals surface area contributed by atoms with Crippen LogP contribution >= 0.6 is 0 Å². The van der Waals surface area contributed by atoms with E-state index < -0.39 is 0 Å². The van der Waals surface area contributed by atoms with Crippen LogP contribution in [0, 0.1) is 0 Å². The Morgan fingerprint density at radius 3 is 2.81 bits per heavy atom. The van der Waals surface area contributed by atoms with E-state index in [0.29, 0.717) is 28.6 Å². The standard InChI is InChI=1S/C19H17N5O3/c1-26-14-3-4-18(27-2)15(10-14)16-11-17(23-22-16)19(25)21-12-6-8-24-13(9-12)5-7-20-24/h3-11H,1-2H3,(H,21,25)(H,22,23). The maximum atomic E-state index is 12.5. The zero-order chi connectivity index (χ0) is 18.8. The number of benzene rings is 1. The summed E-state index contributed by atoms with van der Waals surface area (Å²) in [6, 6.07) is 12.6. The number of amides is 1. The number of carbonyl (C=O) groups is 1. The van der Waals surface area contributed by atoms with E-state index in [1.54, 1.807) is 55.4 Å². The van der Waals surface area contributed by atoms with E-state index in [1.807, 2.05) is 18.2 Å². The maximum Gasteiger partial charge on any atom is 0.273 e. The fourth-order valence-corrected chi connectivity index (χ4v) is 2.79. The molecule has 4 aromatic rings. The summed E-state index contributed by atoms with van der Waals surface area (Å²) < 4.78 is 12.4. The quantitative estimate of drug-likeness (QED) is 0.568. The van der Waals surface area contributed by atoms with Crippen LogP contribution in [0.3, 0.4) is 0 Å². The Bertz CT molecular complexity index is 1120. The van der Waals surface area contributed by atoms with Gasteiger partial charge in [-0.2, -0.15) is 10.2 Å². The molecule has 0 saturated carbocycles. The lowest BCUT2D eigenvalue weighted by Crippen LogP contribution is -2.12. The molecule has 0 spiro atoms. The van der Waals surface area contributed by atoms with Crippen LogP contribution in [0.15, 0.2) is 54.9 Å². The number of carbonyl (C=O) groups excluding carboxylic acids is 1. The number of pyridine rings is 1. The number of hydrogen-bond acceptors (Lipinski definition) is 5. The van der Waals surface area contributed by atoms with E-state index in [4.69, 9.17) is 9.47 Å². The van der Waals surface area contributed by atoms with Gasteiger partial charge in [-0.3, -0.25) is 9.89 Å². The highest BCUT2D eigenvalue weighted by Crippen LogP contribution is 2.32. The second-order valence-electron chi connectivity index (χ2n) is 5.80. The molecule has 4 rings (SSSR count). The molecule has 1 amide bonds. The molecule has 3 heterocycles. The Kier molecular flexibility index (Phi) is 4.21. The molecule has 8 nitrogen and oxygen atoms in total. The van der Waals surface area contributed by atoms with Crippen molar-refractivity contribution in [3.63, 3.8) is 0 Å². The van der Waals surface area contributed by atoms with Gasteiger partial charge in [0.25, 0.3) is 5.91 Å². The fourth-order valence-electron chi connectivity index (χ4n) is 2.79. The lowest BCUT2D eigenvalue weighted by molar-refractivity contribution is 0.102. The van der Waals surface area contributed by atoms with Gasteiger partial charge in [-0.15, -0.1) is 0 Å². The summed E-state index contributed by atoms with van der Waals surface area (Å²) in [7, 11) is 3.17. The van der Waals surface area contributed by atoms with E-state index in [1.165, 1.54) is 0 Å². The first-order valence-corrected chi connectivity index (χ1v) is 8.20. The summed E-state index contributed by atoms with van der Waals surface area (Å²) in [5.74, 6) is 1.02. The summed E-state index contributed by atoms with van der Waals surface area (Å²) in [4.78, 5) is 12.5. The Morgan fingerprint density at radius 1 is 1.11 bits per heavy atom. The van der Waals surface area contributed by atoms with Crippen LogP contribution in [-0.4, -0.2) is 39.9 Å². The highest BCUT2D eigenvalue weighted by molar-refractivity contribution is 6.03. The average Bonchev–Trinajstić information content (AvgIpc) is 3.36. The number of methoxy groups -OCH3 is 2. The van der Waals surface area contributed by atoms with E-state index in [-0.39, 0.29) is 5.91 Å². The zero-order valence-electron chi connectivity index (χ0n) is 14.8. The largest absolute Gasteiger partial charge is 0.497 e. The number of ether oxygens (including phenoxy) is 2. The predicted molar refractivity (Wildman–Crippen MR) is 100 cm³/mol. The van der Waals surface area contributed by atoms with Crippen molar-refractivity contribution in [3.05, 3.63) is 60.6 Å². The van der Waals surface area contributed by atoms with Crippen LogP contribution < -0.4 is 14.8 Å². The monoisotopic (exact) mass is 363 g/mol. The van der Waals surface area contributed by atoms with Crippen LogP contribution in [0.4, 0.5) is 5.69 Å². The molecular weight excluding hydrogens is 346 g/mol. The number of fused-ring (bicyclic) bond motifs is 1. The second kappa shape index (κ2) is 6.83. The molecule has 0 aliphatic carbocycles. The van der Waals surface area contributed by atoms with Gasteiger partial charge in [0, 0.05) is 23.6 Å². The number of aromatic nitrogens is 4. The SMILES string of the molecule is COc1ccc(OC)c(-c2cc(C(=O)Nc3ccn4nccc4c3)[nH]n2)c1. The first-order valence-electron chi connectivity index (χ1n) is 8.20. The van der Waals surface area contributed by atoms with E-state index in [0.717, 1.165) is 11.1 Å². The lowest BCUT2D eigenvalue weighted by atomic mass is 10.1. The molecule has 0 unspecified atom stereocenters. The molecule has 0 fully saturated rings. The van der Waals surface area contributed by atoms with Crippen molar-refractivity contribution in [3.8, 4) is 22.8 Å². The van der Waals surface area contributed by atoms with Crippen molar-refractivity contribution >= 4 is 17.1 Å².